The smallest absolute Gasteiger partial charge is 0.157 e. The Morgan fingerprint density at radius 3 is 3.06 bits per heavy atom. The van der Waals surface area contributed by atoms with Crippen LogP contribution in [0.1, 0.15) is 42.2 Å². The van der Waals surface area contributed by atoms with Gasteiger partial charge >= 0.3 is 0 Å². The van der Waals surface area contributed by atoms with Crippen LogP contribution in [0, 0.1) is 0 Å². The van der Waals surface area contributed by atoms with Crippen LogP contribution < -0.4 is 5.32 Å². The molecule has 2 aliphatic rings. The maximum Gasteiger partial charge on any atom is 0.157 e. The van der Waals surface area contributed by atoms with Crippen molar-refractivity contribution in [1.29, 1.82) is 0 Å². The molecule has 0 fully saturated rings. The van der Waals surface area contributed by atoms with E-state index in [1.54, 1.807) is 6.08 Å². The predicted molar refractivity (Wildman–Crippen MR) is 65.5 cm³/mol. The van der Waals surface area contributed by atoms with Crippen molar-refractivity contribution in [2.75, 3.05) is 0 Å². The maximum absolute atomic E-state index is 11.2. The fourth-order valence-electron chi connectivity index (χ4n) is 2.57. The van der Waals surface area contributed by atoms with Crippen LogP contribution in [0.2, 0.25) is 0 Å². The molecule has 1 atom stereocenters. The summed E-state index contributed by atoms with van der Waals surface area (Å²) in [4.78, 5) is 12.7. The third kappa shape index (κ3) is 1.80. The Labute approximate surface area is 99.4 Å². The first-order valence-electron chi connectivity index (χ1n) is 5.89. The molecule has 16 heavy (non-hydrogen) atoms. The summed E-state index contributed by atoms with van der Waals surface area (Å²) < 4.78 is 0. The molecule has 1 aromatic heterocycles. The summed E-state index contributed by atoms with van der Waals surface area (Å²) >= 11 is 1.86. The molecule has 84 valence electrons. The second-order valence-corrected chi connectivity index (χ2v) is 5.52. The monoisotopic (exact) mass is 233 g/mol. The number of carbonyl (C=O) groups is 1. The van der Waals surface area contributed by atoms with Crippen LogP contribution in [0.3, 0.4) is 0 Å². The zero-order valence-corrected chi connectivity index (χ0v) is 9.98. The summed E-state index contributed by atoms with van der Waals surface area (Å²) in [7, 11) is 0. The highest BCUT2D eigenvalue weighted by Gasteiger charge is 2.23. The number of rotatable bonds is 2. The molecule has 0 aliphatic heterocycles. The molecule has 3 rings (SSSR count). The highest BCUT2D eigenvalue weighted by atomic mass is 32.1. The average Bonchev–Trinajstić information content (AvgIpc) is 2.87. The van der Waals surface area contributed by atoms with Gasteiger partial charge in [-0.3, -0.25) is 4.79 Å². The molecule has 3 heteroatoms. The highest BCUT2D eigenvalue weighted by Crippen LogP contribution is 2.34. The molecule has 0 radical (unpaired) electrons. The molecule has 1 N–H and O–H groups in total. The third-order valence-corrected chi connectivity index (χ3v) is 4.38. The van der Waals surface area contributed by atoms with E-state index in [4.69, 9.17) is 0 Å². The van der Waals surface area contributed by atoms with Crippen molar-refractivity contribution in [3.05, 3.63) is 33.7 Å². The lowest BCUT2D eigenvalue weighted by Gasteiger charge is -2.25. The lowest BCUT2D eigenvalue weighted by Crippen LogP contribution is -2.23. The highest BCUT2D eigenvalue weighted by molar-refractivity contribution is 7.10. The van der Waals surface area contributed by atoms with Gasteiger partial charge in [-0.05, 0) is 42.7 Å². The van der Waals surface area contributed by atoms with Gasteiger partial charge < -0.3 is 5.32 Å². The van der Waals surface area contributed by atoms with Crippen molar-refractivity contribution in [2.45, 2.75) is 38.1 Å². The average molecular weight is 233 g/mol. The molecule has 1 unspecified atom stereocenters. The largest absolute Gasteiger partial charge is 0.381 e. The standard InChI is InChI=1S/C13H15NOS/c15-10-5-4-9(8-10)14-12-2-1-3-13-11(12)6-7-16-13/h6-8,12,14H,1-5H2. The quantitative estimate of drug-likeness (QED) is 0.851. The van der Waals surface area contributed by atoms with E-state index in [0.717, 1.165) is 12.1 Å². The minimum Gasteiger partial charge on any atom is -0.381 e. The number of fused-ring (bicyclic) bond motifs is 1. The fourth-order valence-corrected chi connectivity index (χ4v) is 3.56. The van der Waals surface area contributed by atoms with E-state index >= 15 is 0 Å². The molecule has 0 spiro atoms. The number of thiophene rings is 1. The van der Waals surface area contributed by atoms with E-state index in [1.165, 1.54) is 29.7 Å². The van der Waals surface area contributed by atoms with Crippen molar-refractivity contribution in [3.63, 3.8) is 0 Å². The van der Waals surface area contributed by atoms with Crippen LogP contribution >= 0.6 is 11.3 Å². The number of allylic oxidation sites excluding steroid dienone is 2. The maximum atomic E-state index is 11.2. The normalized spacial score (nSPS) is 24.1. The van der Waals surface area contributed by atoms with E-state index in [-0.39, 0.29) is 5.78 Å². The summed E-state index contributed by atoms with van der Waals surface area (Å²) in [5.74, 6) is 0.267. The summed E-state index contributed by atoms with van der Waals surface area (Å²) in [6.07, 6.45) is 7.03. The van der Waals surface area contributed by atoms with Gasteiger partial charge in [0.05, 0.1) is 6.04 Å². The molecule has 0 aromatic carbocycles. The van der Waals surface area contributed by atoms with Crippen molar-refractivity contribution in [3.8, 4) is 0 Å². The van der Waals surface area contributed by atoms with Crippen LogP contribution in [-0.2, 0) is 11.2 Å². The topological polar surface area (TPSA) is 29.1 Å². The Hall–Kier alpha value is -1.09. The number of carbonyl (C=O) groups excluding carboxylic acids is 1. The number of nitrogens with one attached hydrogen (secondary N) is 1. The van der Waals surface area contributed by atoms with Gasteiger partial charge in [0.1, 0.15) is 0 Å². The lowest BCUT2D eigenvalue weighted by molar-refractivity contribution is -0.114. The van der Waals surface area contributed by atoms with Gasteiger partial charge in [0.2, 0.25) is 0 Å². The molecule has 0 amide bonds. The third-order valence-electron chi connectivity index (χ3n) is 3.39. The summed E-state index contributed by atoms with van der Waals surface area (Å²) in [6, 6.07) is 2.67. The minimum absolute atomic E-state index is 0.267. The van der Waals surface area contributed by atoms with Gasteiger partial charge in [0.25, 0.3) is 0 Å². The van der Waals surface area contributed by atoms with Crippen LogP contribution in [0.25, 0.3) is 0 Å². The van der Waals surface area contributed by atoms with Crippen LogP contribution in [0.15, 0.2) is 23.2 Å². The van der Waals surface area contributed by atoms with Crippen LogP contribution in [0.5, 0.6) is 0 Å². The molecule has 2 nitrogen and oxygen atoms in total. The van der Waals surface area contributed by atoms with Crippen LogP contribution in [0.4, 0.5) is 0 Å². The van der Waals surface area contributed by atoms with Gasteiger partial charge in [-0.15, -0.1) is 11.3 Å². The summed E-state index contributed by atoms with van der Waals surface area (Å²) in [6.45, 7) is 0. The van der Waals surface area contributed by atoms with E-state index < -0.39 is 0 Å². The number of hydrogen-bond acceptors (Lipinski definition) is 3. The number of hydrogen-bond donors (Lipinski definition) is 1. The van der Waals surface area contributed by atoms with Gasteiger partial charge in [-0.1, -0.05) is 0 Å². The fraction of sp³-hybridized carbons (Fsp3) is 0.462. The zero-order chi connectivity index (χ0) is 11.0. The summed E-state index contributed by atoms with van der Waals surface area (Å²) in [5, 5.41) is 5.72. The SMILES string of the molecule is O=C1C=C(NC2CCCc3sccc32)CC1. The predicted octanol–water partition coefficient (Wildman–Crippen LogP) is 2.96. The van der Waals surface area contributed by atoms with Crippen molar-refractivity contribution >= 4 is 17.1 Å². The van der Waals surface area contributed by atoms with Gasteiger partial charge in [-0.2, -0.15) is 0 Å². The van der Waals surface area contributed by atoms with Crippen molar-refractivity contribution in [1.82, 2.24) is 5.32 Å². The minimum atomic E-state index is 0.267. The first-order valence-corrected chi connectivity index (χ1v) is 6.77. The second-order valence-electron chi connectivity index (χ2n) is 4.52. The Morgan fingerprint density at radius 1 is 1.31 bits per heavy atom. The second kappa shape index (κ2) is 4.06. The number of aryl methyl sites for hydroxylation is 1. The Morgan fingerprint density at radius 2 is 2.25 bits per heavy atom. The Kier molecular flexibility index (Phi) is 2.56. The van der Waals surface area contributed by atoms with Gasteiger partial charge in [0, 0.05) is 23.1 Å². The first-order chi connectivity index (χ1) is 7.83. The molecule has 0 bridgehead atoms. The molecule has 1 heterocycles. The molecule has 1 aromatic rings. The molecular weight excluding hydrogens is 218 g/mol. The Bertz CT molecular complexity index is 447. The molecule has 2 aliphatic carbocycles. The Balaban J connectivity index is 1.78. The molecule has 0 saturated heterocycles. The molecular formula is C13H15NOS. The van der Waals surface area contributed by atoms with E-state index in [0.29, 0.717) is 12.5 Å². The van der Waals surface area contributed by atoms with Gasteiger partial charge in [-0.25, -0.2) is 0 Å². The van der Waals surface area contributed by atoms with E-state index in [9.17, 15) is 4.79 Å². The van der Waals surface area contributed by atoms with E-state index in [2.05, 4.69) is 16.8 Å². The van der Waals surface area contributed by atoms with Gasteiger partial charge in [0.15, 0.2) is 5.78 Å². The van der Waals surface area contributed by atoms with Crippen LogP contribution in [-0.4, -0.2) is 5.78 Å². The zero-order valence-electron chi connectivity index (χ0n) is 9.16. The first kappa shape index (κ1) is 10.1. The number of ketones is 1. The molecule has 0 saturated carbocycles. The van der Waals surface area contributed by atoms with E-state index in [1.807, 2.05) is 11.3 Å². The lowest BCUT2D eigenvalue weighted by atomic mass is 9.94. The van der Waals surface area contributed by atoms with Crippen molar-refractivity contribution in [2.24, 2.45) is 0 Å². The van der Waals surface area contributed by atoms with Crippen molar-refractivity contribution < 1.29 is 4.79 Å². The summed E-state index contributed by atoms with van der Waals surface area (Å²) in [5.41, 5.74) is 2.59.